The number of aryl methyl sites for hydroxylation is 1. The van der Waals surface area contributed by atoms with Gasteiger partial charge in [-0.1, -0.05) is 55.7 Å². The summed E-state index contributed by atoms with van der Waals surface area (Å²) in [5.41, 5.74) is 3.11. The molecule has 1 aromatic heterocycles. The Labute approximate surface area is 291 Å². The summed E-state index contributed by atoms with van der Waals surface area (Å²) < 4.78 is 0. The Morgan fingerprint density at radius 2 is 1.67 bits per heavy atom. The van der Waals surface area contributed by atoms with Gasteiger partial charge in [-0.05, 0) is 99.7 Å². The van der Waals surface area contributed by atoms with Crippen molar-refractivity contribution in [1.29, 1.82) is 0 Å². The van der Waals surface area contributed by atoms with Gasteiger partial charge in [-0.3, -0.25) is 24.3 Å². The number of nitrogens with one attached hydrogen (secondary N) is 2. The molecule has 262 valence electrons. The minimum absolute atomic E-state index is 0.00151. The molecule has 1 aliphatic heterocycles. The van der Waals surface area contributed by atoms with Crippen molar-refractivity contribution < 1.29 is 19.5 Å². The van der Waals surface area contributed by atoms with Crippen LogP contribution in [-0.2, 0) is 17.8 Å². The number of carbonyl (C=O) groups is 3. The number of aliphatic hydroxyl groups excluding tert-OH is 1. The van der Waals surface area contributed by atoms with Crippen molar-refractivity contribution in [3.05, 3.63) is 101 Å². The summed E-state index contributed by atoms with van der Waals surface area (Å²) in [5, 5.41) is 18.2. The van der Waals surface area contributed by atoms with Gasteiger partial charge in [0, 0.05) is 55.7 Å². The summed E-state index contributed by atoms with van der Waals surface area (Å²) in [4.78, 5) is 48.8. The van der Waals surface area contributed by atoms with Crippen LogP contribution < -0.4 is 10.6 Å². The van der Waals surface area contributed by atoms with Crippen LogP contribution in [0.5, 0.6) is 0 Å². The Morgan fingerprint density at radius 1 is 0.980 bits per heavy atom. The Morgan fingerprint density at radius 3 is 2.37 bits per heavy atom. The SMILES string of the molecule is Cc1ccc(C(=O)N(C)Cc2ccncc2)cc1C(=O)N[C@@H](Cc1ccccc1)[C@@H](O)CN1C[C@H]2CCCC[C@H]2C[C@H]1C(=O)NC(C)(C)C. The van der Waals surface area contributed by atoms with Crippen molar-refractivity contribution in [3.63, 3.8) is 0 Å². The third-order valence-electron chi connectivity index (χ3n) is 10.0. The van der Waals surface area contributed by atoms with Gasteiger partial charge in [-0.2, -0.15) is 0 Å². The number of amides is 3. The van der Waals surface area contributed by atoms with Gasteiger partial charge >= 0.3 is 0 Å². The first-order chi connectivity index (χ1) is 23.4. The lowest BCUT2D eigenvalue weighted by atomic mass is 9.72. The van der Waals surface area contributed by atoms with E-state index < -0.39 is 12.1 Å². The van der Waals surface area contributed by atoms with E-state index in [2.05, 4.69) is 20.5 Å². The summed E-state index contributed by atoms with van der Waals surface area (Å²) in [6, 6.07) is 17.8. The molecule has 3 amide bonds. The highest BCUT2D eigenvalue weighted by molar-refractivity contribution is 6.00. The molecular formula is C40H53N5O4. The first kappa shape index (κ1) is 36.2. The van der Waals surface area contributed by atoms with Gasteiger partial charge in [-0.15, -0.1) is 0 Å². The monoisotopic (exact) mass is 667 g/mol. The molecule has 1 aliphatic carbocycles. The molecule has 9 heteroatoms. The van der Waals surface area contributed by atoms with Gasteiger partial charge in [0.05, 0.1) is 18.2 Å². The van der Waals surface area contributed by atoms with Crippen LogP contribution in [0.1, 0.15) is 90.3 Å². The van der Waals surface area contributed by atoms with Gasteiger partial charge in [0.15, 0.2) is 0 Å². The zero-order chi connectivity index (χ0) is 35.1. The lowest BCUT2D eigenvalue weighted by Gasteiger charge is -2.47. The third kappa shape index (κ3) is 9.76. The first-order valence-electron chi connectivity index (χ1n) is 17.7. The molecule has 0 radical (unpaired) electrons. The number of likely N-dealkylation sites (tertiary alicyclic amines) is 1. The molecule has 5 atom stereocenters. The molecule has 5 rings (SSSR count). The molecular weight excluding hydrogens is 614 g/mol. The van der Waals surface area contributed by atoms with Crippen LogP contribution in [0.15, 0.2) is 73.1 Å². The standard InChI is InChI=1S/C40H53N5O4/c1-27-15-16-31(39(49)44(5)24-29-17-19-41-20-18-29)22-33(27)37(47)42-34(21-28-11-7-6-8-12-28)36(46)26-45-25-32-14-10-9-13-30(32)23-35(45)38(48)43-40(2,3)4/h6-8,11-12,15-20,22,30,32,34-36,46H,9-10,13-14,21,23-26H2,1-5H3,(H,42,47)(H,43,48)/t30-,32+,34-,35-,36-/m0/s1. The van der Waals surface area contributed by atoms with Crippen molar-refractivity contribution in [2.45, 2.75) is 96.5 Å². The van der Waals surface area contributed by atoms with Crippen LogP contribution in [0.3, 0.4) is 0 Å². The number of β-amino-alcohol motifs (C(OH)–C–C–N with tert-alkyl or cyclic N) is 1. The van der Waals surface area contributed by atoms with E-state index in [4.69, 9.17) is 0 Å². The van der Waals surface area contributed by atoms with Gasteiger partial charge in [-0.25, -0.2) is 0 Å². The van der Waals surface area contributed by atoms with E-state index in [0.29, 0.717) is 35.9 Å². The van der Waals surface area contributed by atoms with E-state index in [1.165, 1.54) is 12.8 Å². The van der Waals surface area contributed by atoms with E-state index in [9.17, 15) is 19.5 Å². The van der Waals surface area contributed by atoms with Crippen LogP contribution in [0, 0.1) is 18.8 Å². The van der Waals surface area contributed by atoms with Crippen molar-refractivity contribution in [1.82, 2.24) is 25.4 Å². The number of aromatic nitrogens is 1. The molecule has 9 nitrogen and oxygen atoms in total. The summed E-state index contributed by atoms with van der Waals surface area (Å²) in [6.07, 6.45) is 8.34. The van der Waals surface area contributed by atoms with Crippen LogP contribution in [0.25, 0.3) is 0 Å². The number of benzene rings is 2. The maximum atomic E-state index is 14.0. The van der Waals surface area contributed by atoms with Crippen LogP contribution in [-0.4, -0.2) is 81.5 Å². The van der Waals surface area contributed by atoms with Gasteiger partial charge in [0.25, 0.3) is 11.8 Å². The molecule has 2 heterocycles. The van der Waals surface area contributed by atoms with Crippen molar-refractivity contribution in [3.8, 4) is 0 Å². The highest BCUT2D eigenvalue weighted by atomic mass is 16.3. The molecule has 2 fully saturated rings. The molecule has 0 spiro atoms. The Kier molecular flexibility index (Phi) is 11.9. The summed E-state index contributed by atoms with van der Waals surface area (Å²) in [7, 11) is 1.74. The van der Waals surface area contributed by atoms with E-state index in [1.807, 2.05) is 70.2 Å². The molecule has 1 saturated carbocycles. The highest BCUT2D eigenvalue weighted by Gasteiger charge is 2.42. The fraction of sp³-hybridized carbons (Fsp3) is 0.500. The van der Waals surface area contributed by atoms with Crippen molar-refractivity contribution >= 4 is 17.7 Å². The maximum Gasteiger partial charge on any atom is 0.253 e. The summed E-state index contributed by atoms with van der Waals surface area (Å²) in [6.45, 7) is 9.25. The highest BCUT2D eigenvalue weighted by Crippen LogP contribution is 2.39. The van der Waals surface area contributed by atoms with Crippen LogP contribution in [0.4, 0.5) is 0 Å². The number of rotatable bonds is 11. The largest absolute Gasteiger partial charge is 0.390 e. The quantitative estimate of drug-likeness (QED) is 0.260. The van der Waals surface area contributed by atoms with E-state index >= 15 is 0 Å². The zero-order valence-electron chi connectivity index (χ0n) is 29.7. The van der Waals surface area contributed by atoms with Gasteiger partial charge in [0.2, 0.25) is 5.91 Å². The number of hydrogen-bond acceptors (Lipinski definition) is 6. The number of fused-ring (bicyclic) bond motifs is 1. The molecule has 49 heavy (non-hydrogen) atoms. The number of hydrogen-bond donors (Lipinski definition) is 3. The Hall–Kier alpha value is -4.08. The van der Waals surface area contributed by atoms with Crippen LogP contribution >= 0.6 is 0 Å². The fourth-order valence-electron chi connectivity index (χ4n) is 7.45. The molecule has 0 unspecified atom stereocenters. The topological polar surface area (TPSA) is 115 Å². The molecule has 1 saturated heterocycles. The average molecular weight is 668 g/mol. The summed E-state index contributed by atoms with van der Waals surface area (Å²) >= 11 is 0. The Balaban J connectivity index is 1.35. The number of aliphatic hydroxyl groups is 1. The van der Waals surface area contributed by atoms with E-state index in [0.717, 1.165) is 42.5 Å². The zero-order valence-corrected chi connectivity index (χ0v) is 29.7. The third-order valence-corrected chi connectivity index (χ3v) is 10.0. The normalized spacial score (nSPS) is 20.8. The lowest BCUT2D eigenvalue weighted by molar-refractivity contribution is -0.132. The number of pyridine rings is 1. The van der Waals surface area contributed by atoms with Gasteiger partial charge < -0.3 is 20.6 Å². The first-order valence-corrected chi connectivity index (χ1v) is 17.7. The van der Waals surface area contributed by atoms with E-state index in [-0.39, 0.29) is 35.8 Å². The van der Waals surface area contributed by atoms with Crippen molar-refractivity contribution in [2.75, 3.05) is 20.1 Å². The van der Waals surface area contributed by atoms with E-state index in [1.54, 1.807) is 42.5 Å². The smallest absolute Gasteiger partial charge is 0.253 e. The molecule has 3 N–H and O–H groups in total. The predicted molar refractivity (Wildman–Crippen MR) is 192 cm³/mol. The minimum atomic E-state index is -0.939. The fourth-order valence-corrected chi connectivity index (χ4v) is 7.45. The minimum Gasteiger partial charge on any atom is -0.390 e. The molecule has 0 bridgehead atoms. The molecule has 2 aromatic carbocycles. The second-order valence-electron chi connectivity index (χ2n) is 15.1. The predicted octanol–water partition coefficient (Wildman–Crippen LogP) is 5.16. The van der Waals surface area contributed by atoms with Crippen molar-refractivity contribution in [2.24, 2.45) is 11.8 Å². The van der Waals surface area contributed by atoms with Gasteiger partial charge in [0.1, 0.15) is 0 Å². The average Bonchev–Trinajstić information content (AvgIpc) is 3.07. The number of nitrogens with zero attached hydrogens (tertiary/aromatic N) is 3. The number of piperidine rings is 1. The number of carbonyl (C=O) groups excluding carboxylic acids is 3. The molecule has 2 aliphatic rings. The second kappa shape index (κ2) is 16.1. The second-order valence-corrected chi connectivity index (χ2v) is 15.1. The summed E-state index contributed by atoms with van der Waals surface area (Å²) in [5.74, 6) is 0.466. The maximum absolute atomic E-state index is 14.0. The molecule has 3 aromatic rings. The Bertz CT molecular complexity index is 1570. The van der Waals surface area contributed by atoms with Crippen LogP contribution in [0.2, 0.25) is 0 Å². The lowest BCUT2D eigenvalue weighted by Crippen LogP contribution is -2.60.